The van der Waals surface area contributed by atoms with Crippen LogP contribution in [0.3, 0.4) is 0 Å². The van der Waals surface area contributed by atoms with Crippen LogP contribution in [0.2, 0.25) is 5.04 Å². The van der Waals surface area contributed by atoms with Gasteiger partial charge < -0.3 is 4.43 Å². The van der Waals surface area contributed by atoms with Gasteiger partial charge in [-0.2, -0.15) is 0 Å². The molecule has 2 aliphatic carbocycles. The zero-order valence-electron chi connectivity index (χ0n) is 18.0. The van der Waals surface area contributed by atoms with Crippen LogP contribution in [0.15, 0.2) is 72.8 Å². The Balaban J connectivity index is 1.81. The van der Waals surface area contributed by atoms with Gasteiger partial charge in [0.25, 0.3) is 8.32 Å². The standard InChI is InChI=1S/C26H34OSi/c1-19-17-22-23(26(22,5)6)18-24(19)27-28(25(2,3)4,20-13-9-7-10-14-20)21-15-11-8-12-16-21/h7-16,22-24H,1,17-18H2,2-6H3/t22?,23?,24-/m1/s1. The zero-order chi connectivity index (χ0) is 20.2. The molecule has 0 heterocycles. The lowest BCUT2D eigenvalue weighted by Crippen LogP contribution is -2.68. The zero-order valence-corrected chi connectivity index (χ0v) is 19.0. The number of fused-ring (bicyclic) bond motifs is 1. The molecule has 0 aromatic heterocycles. The number of hydrogen-bond acceptors (Lipinski definition) is 1. The smallest absolute Gasteiger partial charge is 0.261 e. The fraction of sp³-hybridized carbons (Fsp3) is 0.462. The van der Waals surface area contributed by atoms with Crippen molar-refractivity contribution in [2.75, 3.05) is 0 Å². The minimum absolute atomic E-state index is 0.0197. The molecule has 148 valence electrons. The van der Waals surface area contributed by atoms with E-state index in [-0.39, 0.29) is 11.1 Å². The van der Waals surface area contributed by atoms with Gasteiger partial charge in [0.05, 0.1) is 6.10 Å². The molecule has 2 unspecified atom stereocenters. The van der Waals surface area contributed by atoms with E-state index < -0.39 is 8.32 Å². The van der Waals surface area contributed by atoms with Crippen molar-refractivity contribution in [3.05, 3.63) is 72.8 Å². The second kappa shape index (κ2) is 6.71. The first-order chi connectivity index (χ1) is 13.2. The summed E-state index contributed by atoms with van der Waals surface area (Å²) < 4.78 is 7.36. The molecule has 0 amide bonds. The van der Waals surface area contributed by atoms with Gasteiger partial charge in [-0.25, -0.2) is 0 Å². The Labute approximate surface area is 172 Å². The quantitative estimate of drug-likeness (QED) is 0.491. The Morgan fingerprint density at radius 1 is 0.893 bits per heavy atom. The third-order valence-electron chi connectivity index (χ3n) is 7.43. The Morgan fingerprint density at radius 3 is 1.86 bits per heavy atom. The fourth-order valence-electron chi connectivity index (χ4n) is 5.58. The second-order valence-electron chi connectivity index (χ2n) is 10.4. The van der Waals surface area contributed by atoms with Gasteiger partial charge in [0.1, 0.15) is 0 Å². The van der Waals surface area contributed by atoms with E-state index in [1.165, 1.54) is 15.9 Å². The van der Waals surface area contributed by atoms with Crippen LogP contribution < -0.4 is 10.4 Å². The van der Waals surface area contributed by atoms with Crippen LogP contribution in [0.1, 0.15) is 47.5 Å². The van der Waals surface area contributed by atoms with Crippen LogP contribution in [-0.2, 0) is 4.43 Å². The molecular weight excluding hydrogens is 356 g/mol. The van der Waals surface area contributed by atoms with Gasteiger partial charge in [0.15, 0.2) is 0 Å². The molecule has 1 nitrogen and oxygen atoms in total. The molecule has 2 fully saturated rings. The normalized spacial score (nSPS) is 26.6. The Bertz CT molecular complexity index is 808. The summed E-state index contributed by atoms with van der Waals surface area (Å²) >= 11 is 0. The van der Waals surface area contributed by atoms with Gasteiger partial charge in [-0.05, 0) is 51.1 Å². The third-order valence-corrected chi connectivity index (χ3v) is 12.5. The second-order valence-corrected chi connectivity index (χ2v) is 14.7. The average molecular weight is 391 g/mol. The number of rotatable bonds is 4. The largest absolute Gasteiger partial charge is 0.401 e. The van der Waals surface area contributed by atoms with Crippen molar-refractivity contribution in [3.63, 3.8) is 0 Å². The highest BCUT2D eigenvalue weighted by Crippen LogP contribution is 2.66. The first-order valence-electron chi connectivity index (χ1n) is 10.6. The topological polar surface area (TPSA) is 9.23 Å². The minimum atomic E-state index is -2.50. The van der Waals surface area contributed by atoms with E-state index in [0.717, 1.165) is 24.7 Å². The van der Waals surface area contributed by atoms with E-state index in [4.69, 9.17) is 4.43 Å². The van der Waals surface area contributed by atoms with Gasteiger partial charge in [-0.1, -0.05) is 102 Å². The predicted octanol–water partition coefficient (Wildman–Crippen LogP) is 5.55. The maximum absolute atomic E-state index is 7.36. The van der Waals surface area contributed by atoms with Gasteiger partial charge >= 0.3 is 0 Å². The maximum atomic E-state index is 7.36. The van der Waals surface area contributed by atoms with Crippen LogP contribution in [-0.4, -0.2) is 14.4 Å². The molecule has 0 N–H and O–H groups in total. The first-order valence-corrected chi connectivity index (χ1v) is 12.6. The molecule has 2 heteroatoms. The van der Waals surface area contributed by atoms with Gasteiger partial charge in [0, 0.05) is 0 Å². The first kappa shape index (κ1) is 19.7. The lowest BCUT2D eigenvalue weighted by Gasteiger charge is -2.46. The summed E-state index contributed by atoms with van der Waals surface area (Å²) in [4.78, 5) is 0. The van der Waals surface area contributed by atoms with Gasteiger partial charge in [0.2, 0.25) is 0 Å². The van der Waals surface area contributed by atoms with E-state index in [1.807, 2.05) is 0 Å². The summed E-state index contributed by atoms with van der Waals surface area (Å²) in [6, 6.07) is 21.9. The third kappa shape index (κ3) is 3.02. The van der Waals surface area contributed by atoms with Crippen LogP contribution in [0.25, 0.3) is 0 Å². The van der Waals surface area contributed by atoms with Crippen molar-refractivity contribution in [1.82, 2.24) is 0 Å². The van der Waals surface area contributed by atoms with E-state index in [9.17, 15) is 0 Å². The van der Waals surface area contributed by atoms with Crippen LogP contribution >= 0.6 is 0 Å². The molecule has 0 spiro atoms. The molecule has 3 atom stereocenters. The summed E-state index contributed by atoms with van der Waals surface area (Å²) in [7, 11) is -2.50. The van der Waals surface area contributed by atoms with Crippen molar-refractivity contribution < 1.29 is 4.43 Å². The molecular formula is C26H34OSi. The summed E-state index contributed by atoms with van der Waals surface area (Å²) in [6.45, 7) is 16.4. The van der Waals surface area contributed by atoms with Crippen molar-refractivity contribution >= 4 is 18.7 Å². The highest BCUT2D eigenvalue weighted by Gasteiger charge is 2.61. The monoisotopic (exact) mass is 390 g/mol. The average Bonchev–Trinajstić information content (AvgIpc) is 3.19. The Kier molecular flexibility index (Phi) is 4.71. The van der Waals surface area contributed by atoms with Crippen molar-refractivity contribution in [2.24, 2.45) is 17.3 Å². The summed E-state index contributed by atoms with van der Waals surface area (Å²) in [6.07, 6.45) is 2.41. The molecule has 2 aromatic carbocycles. The lowest BCUT2D eigenvalue weighted by atomic mass is 9.94. The van der Waals surface area contributed by atoms with Crippen molar-refractivity contribution in [1.29, 1.82) is 0 Å². The van der Waals surface area contributed by atoms with E-state index in [1.54, 1.807) is 0 Å². The number of hydrogen-bond donors (Lipinski definition) is 0. The molecule has 0 saturated heterocycles. The molecule has 0 bridgehead atoms. The molecule has 28 heavy (non-hydrogen) atoms. The SMILES string of the molecule is C=C1CC2C(C[C@H]1O[Si](c1ccccc1)(c1ccccc1)C(C)(C)C)C2(C)C. The number of benzene rings is 2. The molecule has 0 aliphatic heterocycles. The molecule has 4 rings (SSSR count). The summed E-state index contributed by atoms with van der Waals surface area (Å²) in [5.74, 6) is 1.58. The minimum Gasteiger partial charge on any atom is -0.401 e. The highest BCUT2D eigenvalue weighted by atomic mass is 28.4. The Hall–Kier alpha value is -1.64. The molecule has 0 radical (unpaired) electrons. The van der Waals surface area contributed by atoms with Crippen LogP contribution in [0, 0.1) is 17.3 Å². The highest BCUT2D eigenvalue weighted by molar-refractivity contribution is 6.99. The fourth-order valence-corrected chi connectivity index (χ4v) is 10.3. The maximum Gasteiger partial charge on any atom is 0.261 e. The molecule has 2 aromatic rings. The van der Waals surface area contributed by atoms with Gasteiger partial charge in [-0.3, -0.25) is 0 Å². The van der Waals surface area contributed by atoms with Gasteiger partial charge in [-0.15, -0.1) is 0 Å². The Morgan fingerprint density at radius 2 is 1.39 bits per heavy atom. The van der Waals surface area contributed by atoms with Crippen LogP contribution in [0.4, 0.5) is 0 Å². The van der Waals surface area contributed by atoms with Crippen LogP contribution in [0.5, 0.6) is 0 Å². The van der Waals surface area contributed by atoms with E-state index in [0.29, 0.717) is 5.41 Å². The summed E-state index contributed by atoms with van der Waals surface area (Å²) in [5, 5.41) is 2.74. The molecule has 2 saturated carbocycles. The lowest BCUT2D eigenvalue weighted by molar-refractivity contribution is 0.184. The van der Waals surface area contributed by atoms with Crippen molar-refractivity contribution in [3.8, 4) is 0 Å². The van der Waals surface area contributed by atoms with E-state index in [2.05, 4.69) is 102 Å². The molecule has 2 aliphatic rings. The predicted molar refractivity (Wildman–Crippen MR) is 122 cm³/mol. The summed E-state index contributed by atoms with van der Waals surface area (Å²) in [5.41, 5.74) is 1.76. The van der Waals surface area contributed by atoms with Crippen molar-refractivity contribution in [2.45, 2.75) is 58.6 Å². The van der Waals surface area contributed by atoms with E-state index >= 15 is 0 Å².